The van der Waals surface area contributed by atoms with E-state index in [1.165, 1.54) is 11.3 Å². The van der Waals surface area contributed by atoms with E-state index in [0.29, 0.717) is 20.9 Å². The van der Waals surface area contributed by atoms with Crippen LogP contribution >= 0.6 is 22.9 Å². The number of fused-ring (bicyclic) bond motifs is 1. The number of para-hydroxylation sites is 1. The molecule has 4 nitrogen and oxygen atoms in total. The topological polar surface area (TPSA) is 54.9 Å². The molecule has 1 N–H and O–H groups in total. The maximum absolute atomic E-state index is 12.4. The van der Waals surface area contributed by atoms with Gasteiger partial charge >= 0.3 is 5.69 Å². The molecule has 0 aliphatic heterocycles. The third-order valence-corrected chi connectivity index (χ3v) is 4.13. The lowest BCUT2D eigenvalue weighted by atomic mass is 10.2. The molecule has 2 aromatic heterocycles. The molecule has 2 heterocycles. The molecule has 0 amide bonds. The SMILES string of the molecule is Cc1ccc(-n2c(=O)[nH]c3c(Cl)cccc3c2=O)s1. The summed E-state index contributed by atoms with van der Waals surface area (Å²) in [6.07, 6.45) is 0. The van der Waals surface area contributed by atoms with Crippen molar-refractivity contribution in [1.29, 1.82) is 0 Å². The van der Waals surface area contributed by atoms with Crippen LogP contribution in [0.1, 0.15) is 4.88 Å². The molecule has 0 fully saturated rings. The predicted molar refractivity (Wildman–Crippen MR) is 77.8 cm³/mol. The first-order valence-electron chi connectivity index (χ1n) is 5.58. The lowest BCUT2D eigenvalue weighted by molar-refractivity contribution is 0.917. The smallest absolute Gasteiger partial charge is 0.305 e. The molecule has 0 saturated carbocycles. The Labute approximate surface area is 116 Å². The molecular formula is C13H9ClN2O2S. The lowest BCUT2D eigenvalue weighted by Crippen LogP contribution is -2.33. The molecule has 3 aromatic rings. The number of nitrogens with zero attached hydrogens (tertiary/aromatic N) is 1. The van der Waals surface area contributed by atoms with Gasteiger partial charge in [0.05, 0.1) is 15.9 Å². The van der Waals surface area contributed by atoms with Gasteiger partial charge in [0.2, 0.25) is 0 Å². The first-order chi connectivity index (χ1) is 9.08. The number of aromatic nitrogens is 2. The summed E-state index contributed by atoms with van der Waals surface area (Å²) in [6.45, 7) is 1.92. The predicted octanol–water partition coefficient (Wildman–Crippen LogP) is 2.70. The van der Waals surface area contributed by atoms with Crippen LogP contribution in [0.4, 0.5) is 0 Å². The van der Waals surface area contributed by atoms with Crippen molar-refractivity contribution in [3.63, 3.8) is 0 Å². The third-order valence-electron chi connectivity index (χ3n) is 2.83. The minimum absolute atomic E-state index is 0.358. The number of rotatable bonds is 1. The average Bonchev–Trinajstić information content (AvgIpc) is 2.77. The van der Waals surface area contributed by atoms with Crippen molar-refractivity contribution in [2.24, 2.45) is 0 Å². The molecule has 0 aliphatic rings. The van der Waals surface area contributed by atoms with E-state index in [1.807, 2.05) is 13.0 Å². The van der Waals surface area contributed by atoms with Crippen LogP contribution in [0.25, 0.3) is 15.9 Å². The van der Waals surface area contributed by atoms with Crippen molar-refractivity contribution in [3.05, 3.63) is 61.1 Å². The second kappa shape index (κ2) is 4.36. The van der Waals surface area contributed by atoms with Crippen molar-refractivity contribution < 1.29 is 0 Å². The monoisotopic (exact) mass is 292 g/mol. The van der Waals surface area contributed by atoms with Crippen molar-refractivity contribution >= 4 is 33.8 Å². The summed E-state index contributed by atoms with van der Waals surface area (Å²) in [7, 11) is 0. The van der Waals surface area contributed by atoms with E-state index in [1.54, 1.807) is 24.3 Å². The van der Waals surface area contributed by atoms with Crippen LogP contribution in [0.3, 0.4) is 0 Å². The Morgan fingerprint density at radius 1 is 1.21 bits per heavy atom. The number of H-pyrrole nitrogens is 1. The van der Waals surface area contributed by atoms with Gasteiger partial charge in [0.25, 0.3) is 5.56 Å². The fourth-order valence-corrected chi connectivity index (χ4v) is 3.03. The van der Waals surface area contributed by atoms with Crippen molar-refractivity contribution in [2.75, 3.05) is 0 Å². The number of thiophene rings is 1. The molecule has 1 aromatic carbocycles. The summed E-state index contributed by atoms with van der Waals surface area (Å²) in [5, 5.41) is 1.37. The molecule has 96 valence electrons. The van der Waals surface area contributed by atoms with Crippen molar-refractivity contribution in [3.8, 4) is 5.00 Å². The van der Waals surface area contributed by atoms with E-state index in [-0.39, 0.29) is 5.56 Å². The van der Waals surface area contributed by atoms with Gasteiger partial charge in [-0.05, 0) is 31.2 Å². The fraction of sp³-hybridized carbons (Fsp3) is 0.0769. The van der Waals surface area contributed by atoms with E-state index < -0.39 is 5.69 Å². The van der Waals surface area contributed by atoms with E-state index in [9.17, 15) is 9.59 Å². The normalized spacial score (nSPS) is 11.1. The van der Waals surface area contributed by atoms with E-state index in [4.69, 9.17) is 11.6 Å². The van der Waals surface area contributed by atoms with E-state index >= 15 is 0 Å². The van der Waals surface area contributed by atoms with Crippen LogP contribution in [0.15, 0.2) is 39.9 Å². The highest BCUT2D eigenvalue weighted by atomic mass is 35.5. The van der Waals surface area contributed by atoms with Gasteiger partial charge in [0, 0.05) is 4.88 Å². The van der Waals surface area contributed by atoms with Crippen molar-refractivity contribution in [2.45, 2.75) is 6.92 Å². The largest absolute Gasteiger partial charge is 0.334 e. The molecule has 0 atom stereocenters. The highest BCUT2D eigenvalue weighted by Gasteiger charge is 2.12. The molecule has 3 rings (SSSR count). The highest BCUT2D eigenvalue weighted by molar-refractivity contribution is 7.14. The summed E-state index contributed by atoms with van der Waals surface area (Å²) < 4.78 is 1.14. The van der Waals surface area contributed by atoms with Crippen LogP contribution in [0, 0.1) is 6.92 Å². The number of halogens is 1. The quantitative estimate of drug-likeness (QED) is 0.750. The average molecular weight is 293 g/mol. The number of hydrogen-bond donors (Lipinski definition) is 1. The van der Waals surface area contributed by atoms with Crippen LogP contribution in [0.2, 0.25) is 5.02 Å². The van der Waals surface area contributed by atoms with E-state index in [2.05, 4.69) is 4.98 Å². The fourth-order valence-electron chi connectivity index (χ4n) is 1.95. The van der Waals surface area contributed by atoms with Crippen LogP contribution < -0.4 is 11.2 Å². The molecule has 0 unspecified atom stereocenters. The van der Waals surface area contributed by atoms with Gasteiger partial charge in [-0.25, -0.2) is 9.36 Å². The maximum Gasteiger partial charge on any atom is 0.334 e. The summed E-state index contributed by atoms with van der Waals surface area (Å²) in [4.78, 5) is 28.2. The Balaban J connectivity index is 2.45. The third kappa shape index (κ3) is 1.91. The molecular weight excluding hydrogens is 284 g/mol. The van der Waals surface area contributed by atoms with Gasteiger partial charge < -0.3 is 4.98 Å². The lowest BCUT2D eigenvalue weighted by Gasteiger charge is -2.04. The second-order valence-electron chi connectivity index (χ2n) is 4.12. The zero-order chi connectivity index (χ0) is 13.6. The number of nitrogens with one attached hydrogen (secondary N) is 1. The Hall–Kier alpha value is -1.85. The minimum atomic E-state index is -0.479. The number of aromatic amines is 1. The summed E-state index contributed by atoms with van der Waals surface area (Å²) in [6, 6.07) is 8.60. The molecule has 0 spiro atoms. The maximum atomic E-state index is 12.4. The first-order valence-corrected chi connectivity index (χ1v) is 6.78. The summed E-state index contributed by atoms with van der Waals surface area (Å²) >= 11 is 7.38. The Morgan fingerprint density at radius 3 is 2.68 bits per heavy atom. The molecule has 19 heavy (non-hydrogen) atoms. The molecule has 6 heteroatoms. The Morgan fingerprint density at radius 2 is 2.00 bits per heavy atom. The van der Waals surface area contributed by atoms with Gasteiger partial charge in [-0.1, -0.05) is 17.7 Å². The van der Waals surface area contributed by atoms with Gasteiger partial charge in [-0.15, -0.1) is 11.3 Å². The minimum Gasteiger partial charge on any atom is -0.305 e. The van der Waals surface area contributed by atoms with Gasteiger partial charge in [0.15, 0.2) is 0 Å². The number of aryl methyl sites for hydroxylation is 1. The van der Waals surface area contributed by atoms with Crippen LogP contribution in [-0.2, 0) is 0 Å². The van der Waals surface area contributed by atoms with Crippen LogP contribution in [-0.4, -0.2) is 9.55 Å². The number of benzene rings is 1. The highest BCUT2D eigenvalue weighted by Crippen LogP contribution is 2.20. The van der Waals surface area contributed by atoms with Crippen molar-refractivity contribution in [1.82, 2.24) is 9.55 Å². The van der Waals surface area contributed by atoms with Gasteiger partial charge in [-0.3, -0.25) is 4.79 Å². The van der Waals surface area contributed by atoms with Gasteiger partial charge in [-0.2, -0.15) is 0 Å². The second-order valence-corrected chi connectivity index (χ2v) is 5.79. The Bertz CT molecular complexity index is 892. The zero-order valence-electron chi connectivity index (χ0n) is 9.94. The Kier molecular flexibility index (Phi) is 2.80. The summed E-state index contributed by atoms with van der Waals surface area (Å²) in [5.74, 6) is 0. The summed E-state index contributed by atoms with van der Waals surface area (Å²) in [5.41, 5.74) is -0.459. The van der Waals surface area contributed by atoms with E-state index in [0.717, 1.165) is 9.44 Å². The molecule has 0 aliphatic carbocycles. The first kappa shape index (κ1) is 12.2. The zero-order valence-corrected chi connectivity index (χ0v) is 11.5. The van der Waals surface area contributed by atoms with Gasteiger partial charge in [0.1, 0.15) is 5.00 Å². The molecule has 0 saturated heterocycles. The molecule has 0 bridgehead atoms. The standard InChI is InChI=1S/C13H9ClN2O2S/c1-7-5-6-10(19-7)16-12(17)8-3-2-4-9(14)11(8)15-13(16)18/h2-6H,1H3,(H,15,18). The van der Waals surface area contributed by atoms with Crippen LogP contribution in [0.5, 0.6) is 0 Å². The number of hydrogen-bond acceptors (Lipinski definition) is 3. The molecule has 0 radical (unpaired) electrons.